The molecule has 4 nitrogen and oxygen atoms in total. The van der Waals surface area contributed by atoms with Crippen molar-refractivity contribution in [3.05, 3.63) is 103 Å². The zero-order valence-corrected chi connectivity index (χ0v) is 21.9. The number of benzene rings is 4. The molecular weight excluding hydrogens is 440 g/mol. The van der Waals surface area contributed by atoms with Gasteiger partial charge in [-0.3, -0.25) is 0 Å². The van der Waals surface area contributed by atoms with Crippen molar-refractivity contribution in [2.24, 2.45) is 0 Å². The molecule has 4 rings (SSSR count). The summed E-state index contributed by atoms with van der Waals surface area (Å²) in [7, 11) is 0. The third-order valence-corrected chi connectivity index (χ3v) is 5.75. The summed E-state index contributed by atoms with van der Waals surface area (Å²) in [6.45, 7) is 6.63. The molecule has 0 aliphatic carbocycles. The van der Waals surface area contributed by atoms with Crippen molar-refractivity contribution in [2.45, 2.75) is 52.9 Å². The molecule has 5 N–H and O–H groups in total. The average Bonchev–Trinajstić information content (AvgIpc) is 2.90. The van der Waals surface area contributed by atoms with Crippen molar-refractivity contribution in [1.29, 1.82) is 0 Å². The lowest BCUT2D eigenvalue weighted by Gasteiger charge is -2.11. The number of nitrogens with one attached hydrogen (secondary N) is 3. The third kappa shape index (κ3) is 9.03. The van der Waals surface area contributed by atoms with Gasteiger partial charge in [-0.05, 0) is 96.9 Å². The topological polar surface area (TPSA) is 62.1 Å². The molecule has 0 unspecified atom stereocenters. The molecule has 0 fully saturated rings. The highest BCUT2D eigenvalue weighted by Crippen LogP contribution is 2.24. The summed E-state index contributed by atoms with van der Waals surface area (Å²) in [6.07, 6.45) is 6.37. The fraction of sp³-hybridized carbons (Fsp3) is 0.250. The smallest absolute Gasteiger partial charge is 0.0385 e. The van der Waals surface area contributed by atoms with Gasteiger partial charge in [-0.25, -0.2) is 0 Å². The lowest BCUT2D eigenvalue weighted by atomic mass is 10.1. The summed E-state index contributed by atoms with van der Waals surface area (Å²) in [5, 5.41) is 10.3. The van der Waals surface area contributed by atoms with Crippen molar-refractivity contribution in [3.63, 3.8) is 0 Å². The minimum Gasteiger partial charge on any atom is -0.399 e. The Morgan fingerprint density at radius 3 is 1.03 bits per heavy atom. The van der Waals surface area contributed by atoms with Gasteiger partial charge in [0.15, 0.2) is 0 Å². The molecule has 4 heteroatoms. The van der Waals surface area contributed by atoms with Gasteiger partial charge >= 0.3 is 0 Å². The molecule has 0 aromatic heterocycles. The standard InChI is InChI=1S/C27H28N4.C5H12/c1-2-3-20-4-8-22(9-5-20)29-24-12-16-26(17-13-24)31-27-18-14-25(15-19-27)30-23-10-6-21(28)7-11-23;1-3-5-4-2/h4-19,29-31H,2-3,28H2,1H3;3-5H2,1-2H3. The van der Waals surface area contributed by atoms with E-state index in [1.165, 1.54) is 31.2 Å². The molecule has 0 saturated heterocycles. The second-order valence-corrected chi connectivity index (χ2v) is 8.95. The van der Waals surface area contributed by atoms with Crippen LogP contribution in [0.2, 0.25) is 0 Å². The van der Waals surface area contributed by atoms with E-state index in [1.54, 1.807) is 0 Å². The number of rotatable bonds is 10. The Bertz CT molecular complexity index is 1130. The molecule has 0 radical (unpaired) electrons. The summed E-state index contributed by atoms with van der Waals surface area (Å²) in [5.74, 6) is 0. The van der Waals surface area contributed by atoms with Crippen LogP contribution in [-0.4, -0.2) is 0 Å². The van der Waals surface area contributed by atoms with Gasteiger partial charge in [-0.1, -0.05) is 58.6 Å². The van der Waals surface area contributed by atoms with Crippen molar-refractivity contribution in [2.75, 3.05) is 21.7 Å². The van der Waals surface area contributed by atoms with Crippen LogP contribution in [0, 0.1) is 0 Å². The van der Waals surface area contributed by atoms with Gasteiger partial charge in [0.2, 0.25) is 0 Å². The second-order valence-electron chi connectivity index (χ2n) is 8.95. The highest BCUT2D eigenvalue weighted by Gasteiger charge is 2.00. The van der Waals surface area contributed by atoms with E-state index in [0.717, 1.165) is 46.2 Å². The maximum Gasteiger partial charge on any atom is 0.0385 e. The molecule has 0 atom stereocenters. The van der Waals surface area contributed by atoms with Crippen molar-refractivity contribution in [3.8, 4) is 0 Å². The molecule has 0 bridgehead atoms. The van der Waals surface area contributed by atoms with E-state index < -0.39 is 0 Å². The molecule has 0 aliphatic rings. The first-order chi connectivity index (χ1) is 17.6. The van der Waals surface area contributed by atoms with Gasteiger partial charge in [0.1, 0.15) is 0 Å². The summed E-state index contributed by atoms with van der Waals surface area (Å²) < 4.78 is 0. The fourth-order valence-electron chi connectivity index (χ4n) is 3.74. The zero-order chi connectivity index (χ0) is 25.6. The Morgan fingerprint density at radius 1 is 0.444 bits per heavy atom. The number of aryl methyl sites for hydroxylation is 1. The SMILES string of the molecule is CCCCC.CCCc1ccc(Nc2ccc(Nc3ccc(Nc4ccc(N)cc4)cc3)cc2)cc1. The molecule has 0 aliphatic heterocycles. The quantitative estimate of drug-likeness (QED) is 0.171. The minimum atomic E-state index is 0.760. The van der Waals surface area contributed by atoms with Crippen LogP contribution in [0.25, 0.3) is 0 Å². The van der Waals surface area contributed by atoms with Gasteiger partial charge < -0.3 is 21.7 Å². The van der Waals surface area contributed by atoms with Crippen LogP contribution in [0.1, 0.15) is 52.0 Å². The summed E-state index contributed by atoms with van der Waals surface area (Å²) in [6, 6.07) is 32.9. The first kappa shape index (κ1) is 26.7. The molecule has 0 heterocycles. The monoisotopic (exact) mass is 480 g/mol. The molecule has 188 valence electrons. The fourth-order valence-corrected chi connectivity index (χ4v) is 3.74. The molecule has 4 aromatic carbocycles. The van der Waals surface area contributed by atoms with Crippen molar-refractivity contribution < 1.29 is 0 Å². The number of nitrogens with two attached hydrogens (primary N) is 1. The molecule has 36 heavy (non-hydrogen) atoms. The van der Waals surface area contributed by atoms with Gasteiger partial charge in [-0.15, -0.1) is 0 Å². The molecule has 0 saturated carbocycles. The van der Waals surface area contributed by atoms with Crippen LogP contribution in [0.15, 0.2) is 97.1 Å². The van der Waals surface area contributed by atoms with Crippen LogP contribution < -0.4 is 21.7 Å². The van der Waals surface area contributed by atoms with E-state index >= 15 is 0 Å². The Morgan fingerprint density at radius 2 is 0.750 bits per heavy atom. The third-order valence-electron chi connectivity index (χ3n) is 5.75. The highest BCUT2D eigenvalue weighted by molar-refractivity contribution is 5.68. The molecule has 0 amide bonds. The van der Waals surface area contributed by atoms with Gasteiger partial charge in [0.25, 0.3) is 0 Å². The van der Waals surface area contributed by atoms with Crippen LogP contribution in [0.4, 0.5) is 39.8 Å². The first-order valence-electron chi connectivity index (χ1n) is 13.0. The lowest BCUT2D eigenvalue weighted by molar-refractivity contribution is 0.772. The van der Waals surface area contributed by atoms with E-state index in [2.05, 4.69) is 110 Å². The Balaban J connectivity index is 0.000000658. The zero-order valence-electron chi connectivity index (χ0n) is 21.9. The van der Waals surface area contributed by atoms with Crippen molar-refractivity contribution >= 4 is 39.8 Å². The van der Waals surface area contributed by atoms with E-state index in [1.807, 2.05) is 24.3 Å². The Labute approximate surface area is 217 Å². The van der Waals surface area contributed by atoms with E-state index in [-0.39, 0.29) is 0 Å². The van der Waals surface area contributed by atoms with E-state index in [4.69, 9.17) is 5.73 Å². The maximum atomic E-state index is 5.74. The van der Waals surface area contributed by atoms with Crippen LogP contribution >= 0.6 is 0 Å². The van der Waals surface area contributed by atoms with Crippen LogP contribution in [0.5, 0.6) is 0 Å². The van der Waals surface area contributed by atoms with Gasteiger partial charge in [-0.2, -0.15) is 0 Å². The largest absolute Gasteiger partial charge is 0.399 e. The highest BCUT2D eigenvalue weighted by atomic mass is 14.9. The van der Waals surface area contributed by atoms with E-state index in [0.29, 0.717) is 0 Å². The Hall–Kier alpha value is -3.92. The minimum absolute atomic E-state index is 0.760. The molecule has 0 spiro atoms. The number of nitrogen functional groups attached to an aromatic ring is 1. The predicted molar refractivity (Wildman–Crippen MR) is 159 cm³/mol. The normalized spacial score (nSPS) is 10.2. The molecule has 4 aromatic rings. The lowest BCUT2D eigenvalue weighted by Crippen LogP contribution is -1.94. The number of unbranched alkanes of at least 4 members (excludes halogenated alkanes) is 2. The van der Waals surface area contributed by atoms with E-state index in [9.17, 15) is 0 Å². The molecular formula is C32H40N4. The first-order valence-corrected chi connectivity index (χ1v) is 13.0. The predicted octanol–water partition coefficient (Wildman–Crippen LogP) is 9.65. The van der Waals surface area contributed by atoms with Crippen molar-refractivity contribution in [1.82, 2.24) is 0 Å². The summed E-state index contributed by atoms with van der Waals surface area (Å²) in [4.78, 5) is 0. The van der Waals surface area contributed by atoms with Gasteiger partial charge in [0.05, 0.1) is 0 Å². The number of anilines is 7. The maximum absolute atomic E-state index is 5.74. The van der Waals surface area contributed by atoms with Crippen LogP contribution in [0.3, 0.4) is 0 Å². The van der Waals surface area contributed by atoms with Gasteiger partial charge in [0, 0.05) is 39.8 Å². The summed E-state index contributed by atoms with van der Waals surface area (Å²) in [5.41, 5.74) is 14.2. The van der Waals surface area contributed by atoms with Crippen LogP contribution in [-0.2, 0) is 6.42 Å². The average molecular weight is 481 g/mol. The Kier molecular flexibility index (Phi) is 10.7. The summed E-state index contributed by atoms with van der Waals surface area (Å²) >= 11 is 0. The number of hydrogen-bond acceptors (Lipinski definition) is 4. The second kappa shape index (κ2) is 14.5. The number of hydrogen-bond donors (Lipinski definition) is 4.